The van der Waals surface area contributed by atoms with E-state index in [4.69, 9.17) is 0 Å². The van der Waals surface area contributed by atoms with Crippen molar-refractivity contribution in [3.05, 3.63) is 42.5 Å². The molecular weight excluding hydrogens is 237 g/mol. The van der Waals surface area contributed by atoms with Gasteiger partial charge in [0.25, 0.3) is 0 Å². The number of hydrogen-bond acceptors (Lipinski definition) is 2. The number of para-hydroxylation sites is 1. The summed E-state index contributed by atoms with van der Waals surface area (Å²) in [4.78, 5) is 0. The van der Waals surface area contributed by atoms with Gasteiger partial charge in [0.15, 0.2) is 0 Å². The number of aryl methyl sites for hydroxylation is 1. The summed E-state index contributed by atoms with van der Waals surface area (Å²) in [5.74, 6) is 0. The molecule has 2 aromatic carbocycles. The van der Waals surface area contributed by atoms with E-state index in [1.165, 1.54) is 0 Å². The van der Waals surface area contributed by atoms with Crippen LogP contribution in [0.3, 0.4) is 0 Å². The lowest BCUT2D eigenvalue weighted by Crippen LogP contribution is -2.29. The summed E-state index contributed by atoms with van der Waals surface area (Å²) < 4.78 is 2.11. The molecule has 0 atom stereocenters. The molecule has 1 heterocycles. The third-order valence-electron chi connectivity index (χ3n) is 3.24. The molecule has 0 spiro atoms. The second kappa shape index (κ2) is 5.47. The third kappa shape index (κ3) is 2.25. The van der Waals surface area contributed by atoms with Crippen LogP contribution in [0, 0.1) is 0 Å². The molecule has 0 aliphatic rings. The molecule has 0 saturated carbocycles. The first-order valence-corrected chi connectivity index (χ1v) is 6.51. The van der Waals surface area contributed by atoms with Crippen LogP contribution in [0.25, 0.3) is 21.8 Å². The predicted octanol–water partition coefficient (Wildman–Crippen LogP) is 2.04. The molecule has 0 unspecified atom stereocenters. The second-order valence-corrected chi connectivity index (χ2v) is 4.23. The van der Waals surface area contributed by atoms with Crippen LogP contribution in [-0.2, 0) is 7.05 Å². The van der Waals surface area contributed by atoms with Gasteiger partial charge in [-0.25, -0.2) is 0 Å². The van der Waals surface area contributed by atoms with Crippen LogP contribution in [0.1, 0.15) is 13.8 Å². The molecule has 4 heteroatoms. The second-order valence-electron chi connectivity index (χ2n) is 4.23. The van der Waals surface area contributed by atoms with Gasteiger partial charge in [0.1, 0.15) is 0 Å². The minimum atomic E-state index is -1.42. The molecule has 0 aliphatic heterocycles. The highest BCUT2D eigenvalue weighted by Gasteiger charge is 2.14. The molecule has 0 amide bonds. The molecule has 3 aromatic rings. The number of rotatable bonds is 1. The molecule has 19 heavy (non-hydrogen) atoms. The molecule has 0 radical (unpaired) electrons. The zero-order chi connectivity index (χ0) is 14.0. The van der Waals surface area contributed by atoms with Crippen molar-refractivity contribution in [2.75, 3.05) is 0 Å². The largest absolute Gasteiger partial charge is 0.488 e. The van der Waals surface area contributed by atoms with Gasteiger partial charge in [0.05, 0.1) is 0 Å². The fraction of sp³-hybridized carbons (Fsp3) is 0.200. The highest BCUT2D eigenvalue weighted by Crippen LogP contribution is 2.26. The number of nitrogens with zero attached hydrogens (tertiary/aromatic N) is 1. The molecular formula is C15H18BNO2. The van der Waals surface area contributed by atoms with Crippen LogP contribution < -0.4 is 5.46 Å². The number of benzene rings is 2. The molecule has 3 nitrogen and oxygen atoms in total. The van der Waals surface area contributed by atoms with Crippen molar-refractivity contribution in [1.82, 2.24) is 4.57 Å². The van der Waals surface area contributed by atoms with E-state index in [0.717, 1.165) is 21.8 Å². The summed E-state index contributed by atoms with van der Waals surface area (Å²) in [5.41, 5.74) is 2.76. The Morgan fingerprint density at radius 3 is 2.21 bits per heavy atom. The topological polar surface area (TPSA) is 45.4 Å². The van der Waals surface area contributed by atoms with Crippen molar-refractivity contribution < 1.29 is 10.0 Å². The van der Waals surface area contributed by atoms with E-state index in [-0.39, 0.29) is 0 Å². The maximum Gasteiger partial charge on any atom is 0.488 e. The molecule has 3 rings (SSSR count). The van der Waals surface area contributed by atoms with E-state index in [0.29, 0.717) is 5.46 Å². The summed E-state index contributed by atoms with van der Waals surface area (Å²) in [6, 6.07) is 13.6. The van der Waals surface area contributed by atoms with E-state index in [1.54, 1.807) is 6.07 Å². The van der Waals surface area contributed by atoms with Crippen LogP contribution in [0.2, 0.25) is 0 Å². The molecule has 0 bridgehead atoms. The smallest absolute Gasteiger partial charge is 0.423 e. The fourth-order valence-electron chi connectivity index (χ4n) is 2.35. The highest BCUT2D eigenvalue weighted by atomic mass is 16.4. The summed E-state index contributed by atoms with van der Waals surface area (Å²) in [5, 5.41) is 20.6. The molecule has 0 aliphatic carbocycles. The van der Waals surface area contributed by atoms with Gasteiger partial charge in [0, 0.05) is 28.9 Å². The lowest BCUT2D eigenvalue weighted by Gasteiger charge is -2.00. The minimum absolute atomic E-state index is 0.522. The van der Waals surface area contributed by atoms with Crippen molar-refractivity contribution >= 4 is 34.4 Å². The van der Waals surface area contributed by atoms with E-state index in [2.05, 4.69) is 10.6 Å². The van der Waals surface area contributed by atoms with Gasteiger partial charge in [-0.2, -0.15) is 0 Å². The lowest BCUT2D eigenvalue weighted by molar-refractivity contribution is 0.426. The van der Waals surface area contributed by atoms with Crippen LogP contribution in [-0.4, -0.2) is 21.7 Å². The summed E-state index contributed by atoms with van der Waals surface area (Å²) in [6.45, 7) is 4.00. The molecule has 1 aromatic heterocycles. The van der Waals surface area contributed by atoms with Crippen LogP contribution >= 0.6 is 0 Å². The number of hydrogen-bond donors (Lipinski definition) is 2. The Morgan fingerprint density at radius 1 is 0.895 bits per heavy atom. The maximum absolute atomic E-state index is 9.21. The summed E-state index contributed by atoms with van der Waals surface area (Å²) in [6.07, 6.45) is 0. The van der Waals surface area contributed by atoms with E-state index >= 15 is 0 Å². The molecule has 2 N–H and O–H groups in total. The Morgan fingerprint density at radius 2 is 1.53 bits per heavy atom. The summed E-state index contributed by atoms with van der Waals surface area (Å²) >= 11 is 0. The predicted molar refractivity (Wildman–Crippen MR) is 81.6 cm³/mol. The fourth-order valence-corrected chi connectivity index (χ4v) is 2.35. The van der Waals surface area contributed by atoms with Crippen molar-refractivity contribution in [3.8, 4) is 0 Å². The Hall–Kier alpha value is -1.78. The van der Waals surface area contributed by atoms with Gasteiger partial charge in [-0.15, -0.1) is 0 Å². The first-order chi connectivity index (χ1) is 9.18. The van der Waals surface area contributed by atoms with Gasteiger partial charge in [0.2, 0.25) is 0 Å². The average molecular weight is 255 g/mol. The lowest BCUT2D eigenvalue weighted by atomic mass is 9.80. The Balaban J connectivity index is 0.000000637. The molecule has 98 valence electrons. The van der Waals surface area contributed by atoms with Crippen molar-refractivity contribution in [2.45, 2.75) is 13.8 Å². The van der Waals surface area contributed by atoms with Crippen LogP contribution in [0.5, 0.6) is 0 Å². The van der Waals surface area contributed by atoms with E-state index in [9.17, 15) is 10.0 Å². The van der Waals surface area contributed by atoms with Gasteiger partial charge < -0.3 is 14.6 Å². The summed E-state index contributed by atoms with van der Waals surface area (Å²) in [7, 11) is 0.595. The van der Waals surface area contributed by atoms with E-state index < -0.39 is 7.12 Å². The number of fused-ring (bicyclic) bond motifs is 3. The van der Waals surface area contributed by atoms with Crippen LogP contribution in [0.4, 0.5) is 0 Å². The van der Waals surface area contributed by atoms with Crippen molar-refractivity contribution in [3.63, 3.8) is 0 Å². The molecule has 0 saturated heterocycles. The Labute approximate surface area is 113 Å². The van der Waals surface area contributed by atoms with E-state index in [1.807, 2.05) is 51.2 Å². The minimum Gasteiger partial charge on any atom is -0.423 e. The highest BCUT2D eigenvalue weighted by molar-refractivity contribution is 6.59. The molecule has 0 fully saturated rings. The first-order valence-electron chi connectivity index (χ1n) is 6.51. The van der Waals surface area contributed by atoms with Crippen molar-refractivity contribution in [1.29, 1.82) is 0 Å². The standard InChI is InChI=1S/C13H12BNO2.C2H6/c1-15-12-5-3-2-4-10(12)11-8-9(14(16)17)6-7-13(11)15;1-2/h2-8,16-17H,1H3;1-2H3. The quantitative estimate of drug-likeness (QED) is 0.653. The van der Waals surface area contributed by atoms with Gasteiger partial charge >= 0.3 is 7.12 Å². The van der Waals surface area contributed by atoms with Crippen LogP contribution in [0.15, 0.2) is 42.5 Å². The Bertz CT molecular complexity index is 704. The maximum atomic E-state index is 9.21. The third-order valence-corrected chi connectivity index (χ3v) is 3.24. The SMILES string of the molecule is CC.Cn1c2ccccc2c2cc(B(O)O)ccc21. The monoisotopic (exact) mass is 255 g/mol. The van der Waals surface area contributed by atoms with Gasteiger partial charge in [-0.1, -0.05) is 44.2 Å². The first kappa shape index (κ1) is 13.7. The Kier molecular flexibility index (Phi) is 3.93. The van der Waals surface area contributed by atoms with Crippen molar-refractivity contribution in [2.24, 2.45) is 7.05 Å². The number of aromatic nitrogens is 1. The zero-order valence-electron chi connectivity index (χ0n) is 11.5. The van der Waals surface area contributed by atoms with Gasteiger partial charge in [-0.05, 0) is 17.6 Å². The van der Waals surface area contributed by atoms with Gasteiger partial charge in [-0.3, -0.25) is 0 Å². The average Bonchev–Trinajstić information content (AvgIpc) is 2.75. The zero-order valence-corrected chi connectivity index (χ0v) is 11.5. The normalized spacial score (nSPS) is 10.4.